The summed E-state index contributed by atoms with van der Waals surface area (Å²) in [5, 5.41) is 12.4. The maximum atomic E-state index is 10.1. The topological polar surface area (TPSA) is 51.2 Å². The molecule has 0 aliphatic rings. The Bertz CT molecular complexity index is 1010. The largest absolute Gasteiger partial charge is 0.507 e. The number of para-hydroxylation sites is 1. The summed E-state index contributed by atoms with van der Waals surface area (Å²) in [7, 11) is 2.04. The fraction of sp³-hybridized carbons (Fsp3) is 0.0526. The average molecular weight is 288 g/mol. The van der Waals surface area contributed by atoms with Gasteiger partial charge >= 0.3 is 0 Å². The molecule has 3 aromatic carbocycles. The molecule has 0 bridgehead atoms. The highest BCUT2D eigenvalue weighted by Gasteiger charge is 2.11. The number of hydrogen-bond donors (Lipinski definition) is 2. The van der Waals surface area contributed by atoms with Gasteiger partial charge in [0.1, 0.15) is 5.75 Å². The van der Waals surface area contributed by atoms with Crippen LogP contribution >= 0.6 is 0 Å². The molecule has 3 nitrogen and oxygen atoms in total. The van der Waals surface area contributed by atoms with E-state index in [2.05, 4.69) is 22.8 Å². The summed E-state index contributed by atoms with van der Waals surface area (Å²) in [6.07, 6.45) is 0. The van der Waals surface area contributed by atoms with Crippen LogP contribution in [-0.4, -0.2) is 9.67 Å². The second-order valence-electron chi connectivity index (χ2n) is 5.58. The summed E-state index contributed by atoms with van der Waals surface area (Å²) in [6.45, 7) is 0. The number of nitrogen functional groups attached to an aromatic ring is 1. The number of hydrogen-bond acceptors (Lipinski definition) is 2. The first-order chi connectivity index (χ1) is 10.6. The Labute approximate surface area is 128 Å². The third-order valence-electron chi connectivity index (χ3n) is 4.25. The summed E-state index contributed by atoms with van der Waals surface area (Å²) >= 11 is 0. The molecule has 108 valence electrons. The Morgan fingerprint density at radius 1 is 0.864 bits per heavy atom. The Hall–Kier alpha value is -2.94. The van der Waals surface area contributed by atoms with Gasteiger partial charge in [-0.15, -0.1) is 0 Å². The van der Waals surface area contributed by atoms with Crippen molar-refractivity contribution in [3.8, 4) is 16.9 Å². The highest BCUT2D eigenvalue weighted by atomic mass is 16.3. The molecule has 3 N–H and O–H groups in total. The number of rotatable bonds is 1. The fourth-order valence-electron chi connectivity index (χ4n) is 3.11. The molecule has 1 aromatic heterocycles. The van der Waals surface area contributed by atoms with Gasteiger partial charge in [-0.1, -0.05) is 36.4 Å². The van der Waals surface area contributed by atoms with Crippen LogP contribution in [0.4, 0.5) is 5.69 Å². The number of anilines is 1. The molecule has 0 saturated carbocycles. The van der Waals surface area contributed by atoms with Crippen LogP contribution < -0.4 is 5.73 Å². The molecule has 0 fully saturated rings. The smallest absolute Gasteiger partial charge is 0.123 e. The zero-order valence-corrected chi connectivity index (χ0v) is 12.2. The van der Waals surface area contributed by atoms with Crippen molar-refractivity contribution < 1.29 is 5.11 Å². The van der Waals surface area contributed by atoms with Crippen LogP contribution in [-0.2, 0) is 7.05 Å². The Morgan fingerprint density at radius 2 is 1.55 bits per heavy atom. The number of aryl methyl sites for hydroxylation is 1. The predicted octanol–water partition coefficient (Wildman–Crippen LogP) is 4.29. The van der Waals surface area contributed by atoms with Crippen molar-refractivity contribution in [2.24, 2.45) is 7.05 Å². The molecule has 0 unspecified atom stereocenters. The van der Waals surface area contributed by atoms with E-state index in [9.17, 15) is 5.11 Å². The maximum absolute atomic E-state index is 10.1. The van der Waals surface area contributed by atoms with Gasteiger partial charge in [0.15, 0.2) is 0 Å². The van der Waals surface area contributed by atoms with Gasteiger partial charge in [-0.2, -0.15) is 0 Å². The molecule has 0 atom stereocenters. The van der Waals surface area contributed by atoms with Crippen molar-refractivity contribution in [1.82, 2.24) is 4.57 Å². The minimum Gasteiger partial charge on any atom is -0.507 e. The highest BCUT2D eigenvalue weighted by molar-refractivity contribution is 6.09. The first-order valence-electron chi connectivity index (χ1n) is 7.21. The lowest BCUT2D eigenvalue weighted by Crippen LogP contribution is -1.89. The number of phenolic OH excluding ortho intramolecular Hbond substituents is 1. The zero-order valence-electron chi connectivity index (χ0n) is 12.2. The molecule has 0 aliphatic carbocycles. The van der Waals surface area contributed by atoms with Crippen LogP contribution in [0.25, 0.3) is 32.9 Å². The number of aromatic nitrogens is 1. The second kappa shape index (κ2) is 4.53. The standard InChI is InChI=1S/C19H16N2O/c1-21-17-10-12(14-4-2-3-5-19(14)22)6-8-15(17)16-9-7-13(20)11-18(16)21/h2-11,22H,20H2,1H3. The SMILES string of the molecule is Cn1c2cc(N)ccc2c2ccc(-c3ccccc3O)cc21. The van der Waals surface area contributed by atoms with E-state index in [0.717, 1.165) is 27.8 Å². The first-order valence-corrected chi connectivity index (χ1v) is 7.21. The molecule has 4 rings (SSSR count). The van der Waals surface area contributed by atoms with Crippen LogP contribution in [0.15, 0.2) is 60.7 Å². The number of phenols is 1. The van der Waals surface area contributed by atoms with Gasteiger partial charge in [0.25, 0.3) is 0 Å². The summed E-state index contributed by atoms with van der Waals surface area (Å²) in [5.74, 6) is 0.296. The van der Waals surface area contributed by atoms with E-state index in [0.29, 0.717) is 5.75 Å². The molecule has 22 heavy (non-hydrogen) atoms. The molecule has 1 heterocycles. The molecule has 3 heteroatoms. The molecule has 0 amide bonds. The maximum Gasteiger partial charge on any atom is 0.123 e. The van der Waals surface area contributed by atoms with Gasteiger partial charge in [-0.25, -0.2) is 0 Å². The van der Waals surface area contributed by atoms with Gasteiger partial charge in [0.2, 0.25) is 0 Å². The van der Waals surface area contributed by atoms with E-state index < -0.39 is 0 Å². The second-order valence-corrected chi connectivity index (χ2v) is 5.58. The van der Waals surface area contributed by atoms with Crippen LogP contribution in [0.5, 0.6) is 5.75 Å². The van der Waals surface area contributed by atoms with Gasteiger partial charge in [-0.3, -0.25) is 0 Å². The van der Waals surface area contributed by atoms with Gasteiger partial charge in [-0.05, 0) is 29.8 Å². The van der Waals surface area contributed by atoms with Crippen molar-refractivity contribution >= 4 is 27.5 Å². The number of benzene rings is 3. The monoisotopic (exact) mass is 288 g/mol. The summed E-state index contributed by atoms with van der Waals surface area (Å²) in [5.41, 5.74) is 10.8. The zero-order chi connectivity index (χ0) is 15.3. The van der Waals surface area contributed by atoms with E-state index >= 15 is 0 Å². The van der Waals surface area contributed by atoms with Gasteiger partial charge in [0, 0.05) is 34.6 Å². The third kappa shape index (κ3) is 1.76. The molecule has 0 spiro atoms. The summed E-state index contributed by atoms with van der Waals surface area (Å²) < 4.78 is 2.14. The lowest BCUT2D eigenvalue weighted by molar-refractivity contribution is 0.477. The van der Waals surface area contributed by atoms with E-state index in [4.69, 9.17) is 5.73 Å². The van der Waals surface area contributed by atoms with Crippen molar-refractivity contribution in [1.29, 1.82) is 0 Å². The number of fused-ring (bicyclic) bond motifs is 3. The summed E-state index contributed by atoms with van der Waals surface area (Å²) in [4.78, 5) is 0. The fourth-order valence-corrected chi connectivity index (χ4v) is 3.11. The minimum absolute atomic E-state index is 0.296. The number of aromatic hydroxyl groups is 1. The van der Waals surface area contributed by atoms with Crippen LogP contribution in [0, 0.1) is 0 Å². The third-order valence-corrected chi connectivity index (χ3v) is 4.25. The highest BCUT2D eigenvalue weighted by Crippen LogP contribution is 2.35. The Balaban J connectivity index is 2.04. The first kappa shape index (κ1) is 12.8. The molecule has 0 aliphatic heterocycles. The Morgan fingerprint density at radius 3 is 2.32 bits per heavy atom. The van der Waals surface area contributed by atoms with E-state index in [1.54, 1.807) is 6.07 Å². The summed E-state index contributed by atoms with van der Waals surface area (Å²) in [6, 6.07) is 19.7. The van der Waals surface area contributed by atoms with Crippen molar-refractivity contribution in [2.45, 2.75) is 0 Å². The minimum atomic E-state index is 0.296. The number of nitrogens with zero attached hydrogens (tertiary/aromatic N) is 1. The molecule has 4 aromatic rings. The van der Waals surface area contributed by atoms with E-state index in [1.165, 1.54) is 10.8 Å². The van der Waals surface area contributed by atoms with E-state index in [1.807, 2.05) is 43.4 Å². The van der Waals surface area contributed by atoms with E-state index in [-0.39, 0.29) is 0 Å². The predicted molar refractivity (Wildman–Crippen MR) is 91.9 cm³/mol. The quantitative estimate of drug-likeness (QED) is 0.513. The number of nitrogens with two attached hydrogens (primary N) is 1. The Kier molecular flexibility index (Phi) is 2.63. The molecule has 0 radical (unpaired) electrons. The molecular weight excluding hydrogens is 272 g/mol. The molecule has 0 saturated heterocycles. The van der Waals surface area contributed by atoms with Crippen LogP contribution in [0.2, 0.25) is 0 Å². The normalized spacial score (nSPS) is 11.3. The van der Waals surface area contributed by atoms with Crippen LogP contribution in [0.1, 0.15) is 0 Å². The van der Waals surface area contributed by atoms with Crippen molar-refractivity contribution in [2.75, 3.05) is 5.73 Å². The van der Waals surface area contributed by atoms with Crippen LogP contribution in [0.3, 0.4) is 0 Å². The van der Waals surface area contributed by atoms with Crippen molar-refractivity contribution in [3.63, 3.8) is 0 Å². The van der Waals surface area contributed by atoms with Gasteiger partial charge < -0.3 is 15.4 Å². The lowest BCUT2D eigenvalue weighted by atomic mass is 10.0. The van der Waals surface area contributed by atoms with Crippen molar-refractivity contribution in [3.05, 3.63) is 60.7 Å². The lowest BCUT2D eigenvalue weighted by Gasteiger charge is -2.05. The van der Waals surface area contributed by atoms with Gasteiger partial charge in [0.05, 0.1) is 5.52 Å². The molecular formula is C19H16N2O. The average Bonchev–Trinajstić information content (AvgIpc) is 2.80.